The van der Waals surface area contributed by atoms with E-state index in [1.165, 1.54) is 6.08 Å². The molecule has 1 aromatic rings. The van der Waals surface area contributed by atoms with Crippen LogP contribution in [0.2, 0.25) is 0 Å². The van der Waals surface area contributed by atoms with Crippen molar-refractivity contribution in [3.8, 4) is 11.5 Å². The van der Waals surface area contributed by atoms with Crippen LogP contribution >= 0.6 is 0 Å². The number of carbonyl (C=O) groups is 2. The largest absolute Gasteiger partial charge is 0.497 e. The molecule has 0 radical (unpaired) electrons. The van der Waals surface area contributed by atoms with E-state index in [2.05, 4.69) is 10.6 Å². The Morgan fingerprint density at radius 3 is 2.61 bits per heavy atom. The van der Waals surface area contributed by atoms with Gasteiger partial charge in [-0.3, -0.25) is 9.59 Å². The van der Waals surface area contributed by atoms with Crippen molar-refractivity contribution in [1.29, 1.82) is 0 Å². The van der Waals surface area contributed by atoms with Crippen LogP contribution < -0.4 is 20.1 Å². The summed E-state index contributed by atoms with van der Waals surface area (Å²) in [6.45, 7) is 0.671. The van der Waals surface area contributed by atoms with E-state index in [9.17, 15) is 9.59 Å². The van der Waals surface area contributed by atoms with Crippen molar-refractivity contribution in [2.24, 2.45) is 0 Å². The van der Waals surface area contributed by atoms with Gasteiger partial charge in [-0.2, -0.15) is 0 Å². The predicted molar refractivity (Wildman–Crippen MR) is 87.4 cm³/mol. The maximum atomic E-state index is 12.0. The normalized spacial score (nSPS) is 18.2. The van der Waals surface area contributed by atoms with Crippen molar-refractivity contribution in [2.75, 3.05) is 20.8 Å². The first-order valence-corrected chi connectivity index (χ1v) is 7.59. The Bertz CT molecular complexity index is 576. The quantitative estimate of drug-likeness (QED) is 0.807. The number of ether oxygens (including phenoxy) is 2. The highest BCUT2D eigenvalue weighted by atomic mass is 16.5. The fourth-order valence-corrected chi connectivity index (χ4v) is 2.44. The van der Waals surface area contributed by atoms with Crippen molar-refractivity contribution in [1.82, 2.24) is 10.6 Å². The Morgan fingerprint density at radius 1 is 1.26 bits per heavy atom. The molecule has 1 aliphatic rings. The fraction of sp³-hybridized carbons (Fsp3) is 0.412. The summed E-state index contributed by atoms with van der Waals surface area (Å²) < 4.78 is 10.4. The lowest BCUT2D eigenvalue weighted by molar-refractivity contribution is -0.121. The van der Waals surface area contributed by atoms with E-state index in [4.69, 9.17) is 9.47 Å². The molecule has 1 aliphatic heterocycles. The number of hydrogen-bond acceptors (Lipinski definition) is 4. The van der Waals surface area contributed by atoms with Gasteiger partial charge in [0, 0.05) is 31.1 Å². The third kappa shape index (κ3) is 5.32. The molecule has 0 spiro atoms. The van der Waals surface area contributed by atoms with E-state index in [1.807, 2.05) is 12.1 Å². The molecule has 2 N–H and O–H groups in total. The summed E-state index contributed by atoms with van der Waals surface area (Å²) in [5.41, 5.74) is 0.801. The number of benzene rings is 1. The van der Waals surface area contributed by atoms with Gasteiger partial charge in [-0.25, -0.2) is 0 Å². The molecule has 0 saturated carbocycles. The van der Waals surface area contributed by atoms with E-state index < -0.39 is 0 Å². The van der Waals surface area contributed by atoms with Gasteiger partial charge in [-0.05, 0) is 36.6 Å². The van der Waals surface area contributed by atoms with Crippen molar-refractivity contribution < 1.29 is 19.1 Å². The van der Waals surface area contributed by atoms with Crippen molar-refractivity contribution in [3.05, 3.63) is 29.8 Å². The van der Waals surface area contributed by atoms with E-state index in [-0.39, 0.29) is 17.9 Å². The van der Waals surface area contributed by atoms with Gasteiger partial charge in [-0.15, -0.1) is 0 Å². The molecular formula is C17H22N2O4. The molecule has 0 aromatic heterocycles. The number of carbonyl (C=O) groups excluding carboxylic acids is 2. The second-order valence-corrected chi connectivity index (χ2v) is 5.38. The Labute approximate surface area is 135 Å². The third-order valence-corrected chi connectivity index (χ3v) is 3.63. The molecule has 1 unspecified atom stereocenters. The minimum absolute atomic E-state index is 0.0192. The molecule has 1 fully saturated rings. The second-order valence-electron chi connectivity index (χ2n) is 5.38. The second kappa shape index (κ2) is 8.22. The van der Waals surface area contributed by atoms with Crippen molar-refractivity contribution >= 4 is 17.9 Å². The topological polar surface area (TPSA) is 76.7 Å². The first-order chi connectivity index (χ1) is 11.1. The standard InChI is InChI=1S/C17H22N2O4/c1-22-14-8-12(9-15(11-14)23-2)5-6-16(20)19-13-4-3-7-18-17(21)10-13/h5-6,8-9,11,13H,3-4,7,10H2,1-2H3,(H,18,21)(H,19,20). The zero-order valence-corrected chi connectivity index (χ0v) is 13.4. The number of nitrogens with one attached hydrogen (secondary N) is 2. The van der Waals surface area contributed by atoms with Crippen molar-refractivity contribution in [3.63, 3.8) is 0 Å². The summed E-state index contributed by atoms with van der Waals surface area (Å²) in [6.07, 6.45) is 5.14. The van der Waals surface area contributed by atoms with Gasteiger partial charge in [0.25, 0.3) is 0 Å². The zero-order chi connectivity index (χ0) is 16.7. The molecule has 0 aliphatic carbocycles. The van der Waals surface area contributed by atoms with Gasteiger partial charge in [0.05, 0.1) is 14.2 Å². The Hall–Kier alpha value is -2.50. The molecule has 1 heterocycles. The van der Waals surface area contributed by atoms with E-state index in [0.29, 0.717) is 24.5 Å². The zero-order valence-electron chi connectivity index (χ0n) is 13.4. The highest BCUT2D eigenvalue weighted by Gasteiger charge is 2.18. The number of methoxy groups -OCH3 is 2. The summed E-state index contributed by atoms with van der Waals surface area (Å²) >= 11 is 0. The van der Waals surface area contributed by atoms with Crippen LogP contribution in [0.1, 0.15) is 24.8 Å². The summed E-state index contributed by atoms with van der Waals surface area (Å²) in [5.74, 6) is 1.08. The third-order valence-electron chi connectivity index (χ3n) is 3.63. The van der Waals surface area contributed by atoms with Crippen LogP contribution in [0.3, 0.4) is 0 Å². The highest BCUT2D eigenvalue weighted by Crippen LogP contribution is 2.23. The van der Waals surface area contributed by atoms with Crippen LogP contribution in [-0.4, -0.2) is 38.6 Å². The fourth-order valence-electron chi connectivity index (χ4n) is 2.44. The highest BCUT2D eigenvalue weighted by molar-refractivity contribution is 5.92. The smallest absolute Gasteiger partial charge is 0.244 e. The van der Waals surface area contributed by atoms with Crippen LogP contribution in [0.5, 0.6) is 11.5 Å². The lowest BCUT2D eigenvalue weighted by atomic mass is 10.1. The first-order valence-electron chi connectivity index (χ1n) is 7.59. The predicted octanol–water partition coefficient (Wildman–Crippen LogP) is 1.50. The van der Waals surface area contributed by atoms with Gasteiger partial charge < -0.3 is 20.1 Å². The Kier molecular flexibility index (Phi) is 6.02. The Morgan fingerprint density at radius 2 is 1.96 bits per heavy atom. The SMILES string of the molecule is COc1cc(C=CC(=O)NC2CCCNC(=O)C2)cc(OC)c1. The maximum absolute atomic E-state index is 12.0. The van der Waals surface area contributed by atoms with E-state index in [0.717, 1.165) is 18.4 Å². The summed E-state index contributed by atoms with van der Waals surface area (Å²) in [6, 6.07) is 5.27. The molecule has 6 heteroatoms. The summed E-state index contributed by atoms with van der Waals surface area (Å²) in [7, 11) is 3.15. The van der Waals surface area contributed by atoms with Crippen molar-refractivity contribution in [2.45, 2.75) is 25.3 Å². The number of hydrogen-bond donors (Lipinski definition) is 2. The maximum Gasteiger partial charge on any atom is 0.244 e. The molecule has 2 amide bonds. The van der Waals surface area contributed by atoms with Crippen LogP contribution in [0.25, 0.3) is 6.08 Å². The molecule has 1 aromatic carbocycles. The van der Waals surface area contributed by atoms with Crippen LogP contribution in [-0.2, 0) is 9.59 Å². The molecule has 2 rings (SSSR count). The van der Waals surface area contributed by atoms with Gasteiger partial charge in [0.15, 0.2) is 0 Å². The lowest BCUT2D eigenvalue weighted by Crippen LogP contribution is -2.35. The molecule has 23 heavy (non-hydrogen) atoms. The molecule has 6 nitrogen and oxygen atoms in total. The summed E-state index contributed by atoms with van der Waals surface area (Å²) in [5, 5.41) is 5.66. The first kappa shape index (κ1) is 16.9. The van der Waals surface area contributed by atoms with Crippen LogP contribution in [0.4, 0.5) is 0 Å². The van der Waals surface area contributed by atoms with Gasteiger partial charge in [0.1, 0.15) is 11.5 Å². The van der Waals surface area contributed by atoms with Gasteiger partial charge in [-0.1, -0.05) is 0 Å². The van der Waals surface area contributed by atoms with Crippen LogP contribution in [0, 0.1) is 0 Å². The lowest BCUT2D eigenvalue weighted by Gasteiger charge is -2.13. The summed E-state index contributed by atoms with van der Waals surface area (Å²) in [4.78, 5) is 23.5. The van der Waals surface area contributed by atoms with E-state index in [1.54, 1.807) is 26.4 Å². The Balaban J connectivity index is 1.98. The minimum atomic E-state index is -0.216. The molecular weight excluding hydrogens is 296 g/mol. The molecule has 0 bridgehead atoms. The molecule has 1 saturated heterocycles. The van der Waals surface area contributed by atoms with E-state index >= 15 is 0 Å². The average molecular weight is 318 g/mol. The monoisotopic (exact) mass is 318 g/mol. The van der Waals surface area contributed by atoms with Crippen LogP contribution in [0.15, 0.2) is 24.3 Å². The van der Waals surface area contributed by atoms with Gasteiger partial charge >= 0.3 is 0 Å². The molecule has 124 valence electrons. The average Bonchev–Trinajstić information content (AvgIpc) is 2.76. The molecule has 1 atom stereocenters. The minimum Gasteiger partial charge on any atom is -0.497 e. The number of rotatable bonds is 5. The van der Waals surface area contributed by atoms with Gasteiger partial charge in [0.2, 0.25) is 11.8 Å². The number of amides is 2.